The first-order valence-corrected chi connectivity index (χ1v) is 7.43. The lowest BCUT2D eigenvalue weighted by Gasteiger charge is -2.02. The van der Waals surface area contributed by atoms with Crippen LogP contribution in [-0.4, -0.2) is 27.3 Å². The third kappa shape index (κ3) is 2.54. The molecule has 0 aliphatic rings. The molecule has 4 rings (SSSR count). The van der Waals surface area contributed by atoms with Crippen LogP contribution in [0, 0.1) is 0 Å². The first-order valence-electron chi connectivity index (χ1n) is 7.43. The topological polar surface area (TPSA) is 83.7 Å². The van der Waals surface area contributed by atoms with Crippen LogP contribution >= 0.6 is 0 Å². The van der Waals surface area contributed by atoms with E-state index < -0.39 is 0 Å². The quantitative estimate of drug-likeness (QED) is 0.608. The van der Waals surface area contributed by atoms with Gasteiger partial charge in [0.1, 0.15) is 11.6 Å². The Morgan fingerprint density at radius 1 is 1.00 bits per heavy atom. The molecule has 118 valence electrons. The molecule has 24 heavy (non-hydrogen) atoms. The van der Waals surface area contributed by atoms with E-state index in [1.54, 1.807) is 13.2 Å². The van der Waals surface area contributed by atoms with E-state index in [0.717, 1.165) is 33.7 Å². The average Bonchev–Trinajstić information content (AvgIpc) is 3.05. The standard InChI is InChI=1S/C18H14N4O2/c1-24-13-5-6-15-16(10-13)20-18(19-15)12-4-2-3-11(9-12)14-7-8-17(23)22-21-14/h2-10H,1H3,(H,19,20)(H,22,23). The summed E-state index contributed by atoms with van der Waals surface area (Å²) in [5.74, 6) is 1.55. The summed E-state index contributed by atoms with van der Waals surface area (Å²) in [6, 6.07) is 16.7. The zero-order chi connectivity index (χ0) is 16.5. The second-order valence-electron chi connectivity index (χ2n) is 5.36. The van der Waals surface area contributed by atoms with Gasteiger partial charge in [-0.2, -0.15) is 5.10 Å². The van der Waals surface area contributed by atoms with Crippen molar-refractivity contribution in [3.63, 3.8) is 0 Å². The molecule has 2 heterocycles. The number of nitrogens with one attached hydrogen (secondary N) is 2. The molecule has 0 saturated heterocycles. The Hall–Kier alpha value is -3.41. The normalized spacial score (nSPS) is 10.9. The predicted octanol–water partition coefficient (Wildman–Crippen LogP) is 2.99. The van der Waals surface area contributed by atoms with Crippen LogP contribution in [0.25, 0.3) is 33.7 Å². The Kier molecular flexibility index (Phi) is 3.35. The van der Waals surface area contributed by atoms with Crippen molar-refractivity contribution < 1.29 is 4.74 Å². The highest BCUT2D eigenvalue weighted by atomic mass is 16.5. The minimum absolute atomic E-state index is 0.221. The second-order valence-corrected chi connectivity index (χ2v) is 5.36. The smallest absolute Gasteiger partial charge is 0.264 e. The molecule has 0 bridgehead atoms. The van der Waals surface area contributed by atoms with Gasteiger partial charge >= 0.3 is 0 Å². The lowest BCUT2D eigenvalue weighted by atomic mass is 10.1. The van der Waals surface area contributed by atoms with E-state index in [2.05, 4.69) is 20.2 Å². The molecule has 2 aromatic carbocycles. The van der Waals surface area contributed by atoms with Gasteiger partial charge in [0, 0.05) is 23.3 Å². The van der Waals surface area contributed by atoms with Gasteiger partial charge < -0.3 is 9.72 Å². The van der Waals surface area contributed by atoms with Crippen LogP contribution in [-0.2, 0) is 0 Å². The van der Waals surface area contributed by atoms with Crippen molar-refractivity contribution in [1.82, 2.24) is 20.2 Å². The summed E-state index contributed by atoms with van der Waals surface area (Å²) in [5.41, 5.74) is 4.11. The average molecular weight is 318 g/mol. The molecule has 0 spiro atoms. The molecule has 0 fully saturated rings. The maximum absolute atomic E-state index is 11.1. The highest BCUT2D eigenvalue weighted by Gasteiger charge is 2.08. The third-order valence-electron chi connectivity index (χ3n) is 3.80. The maximum atomic E-state index is 11.1. The van der Waals surface area contributed by atoms with E-state index in [9.17, 15) is 4.79 Å². The molecule has 0 aliphatic heterocycles. The summed E-state index contributed by atoms with van der Waals surface area (Å²) in [7, 11) is 1.64. The van der Waals surface area contributed by atoms with Gasteiger partial charge in [0.05, 0.1) is 23.8 Å². The number of fused-ring (bicyclic) bond motifs is 1. The number of aromatic nitrogens is 4. The third-order valence-corrected chi connectivity index (χ3v) is 3.80. The van der Waals surface area contributed by atoms with E-state index >= 15 is 0 Å². The molecule has 6 heteroatoms. The molecule has 4 aromatic rings. The van der Waals surface area contributed by atoms with E-state index in [1.807, 2.05) is 42.5 Å². The van der Waals surface area contributed by atoms with E-state index in [0.29, 0.717) is 5.69 Å². The molecular formula is C18H14N4O2. The van der Waals surface area contributed by atoms with Gasteiger partial charge in [-0.05, 0) is 24.3 Å². The summed E-state index contributed by atoms with van der Waals surface area (Å²) in [4.78, 5) is 19.1. The van der Waals surface area contributed by atoms with Crippen LogP contribution in [0.5, 0.6) is 5.75 Å². The number of rotatable bonds is 3. The van der Waals surface area contributed by atoms with Crippen LogP contribution < -0.4 is 10.3 Å². The number of hydrogen-bond donors (Lipinski definition) is 2. The number of H-pyrrole nitrogens is 2. The Labute approximate surface area is 137 Å². The highest BCUT2D eigenvalue weighted by molar-refractivity contribution is 5.81. The summed E-state index contributed by atoms with van der Waals surface area (Å²) >= 11 is 0. The van der Waals surface area contributed by atoms with E-state index in [4.69, 9.17) is 4.74 Å². The number of imidazole rings is 1. The lowest BCUT2D eigenvalue weighted by Crippen LogP contribution is -2.05. The first-order chi connectivity index (χ1) is 11.7. The van der Waals surface area contributed by atoms with Crippen LogP contribution in [0.4, 0.5) is 0 Å². The maximum Gasteiger partial charge on any atom is 0.264 e. The van der Waals surface area contributed by atoms with E-state index in [1.165, 1.54) is 6.07 Å². The molecule has 0 atom stereocenters. The minimum atomic E-state index is -0.221. The van der Waals surface area contributed by atoms with Gasteiger partial charge in [0.25, 0.3) is 5.56 Å². The number of hydrogen-bond acceptors (Lipinski definition) is 4. The first kappa shape index (κ1) is 14.2. The van der Waals surface area contributed by atoms with Gasteiger partial charge in [-0.3, -0.25) is 4.79 Å². The van der Waals surface area contributed by atoms with Crippen LogP contribution in [0.15, 0.2) is 59.4 Å². The molecule has 6 nitrogen and oxygen atoms in total. The number of aromatic amines is 2. The van der Waals surface area contributed by atoms with Gasteiger partial charge in [-0.1, -0.05) is 18.2 Å². The van der Waals surface area contributed by atoms with Crippen molar-refractivity contribution in [2.75, 3.05) is 7.11 Å². The van der Waals surface area contributed by atoms with Gasteiger partial charge in [0.2, 0.25) is 0 Å². The Morgan fingerprint density at radius 2 is 1.88 bits per heavy atom. The van der Waals surface area contributed by atoms with Crippen molar-refractivity contribution in [2.24, 2.45) is 0 Å². The fourth-order valence-corrected chi connectivity index (χ4v) is 2.58. The Bertz CT molecular complexity index is 1060. The molecule has 0 radical (unpaired) electrons. The van der Waals surface area contributed by atoms with Crippen molar-refractivity contribution >= 4 is 11.0 Å². The van der Waals surface area contributed by atoms with Crippen molar-refractivity contribution in [2.45, 2.75) is 0 Å². The van der Waals surface area contributed by atoms with Gasteiger partial charge in [-0.15, -0.1) is 0 Å². The monoisotopic (exact) mass is 318 g/mol. The zero-order valence-electron chi connectivity index (χ0n) is 12.9. The molecule has 0 aliphatic carbocycles. The molecule has 0 unspecified atom stereocenters. The van der Waals surface area contributed by atoms with Crippen molar-refractivity contribution in [1.29, 1.82) is 0 Å². The highest BCUT2D eigenvalue weighted by Crippen LogP contribution is 2.26. The molecule has 0 amide bonds. The van der Waals surface area contributed by atoms with Gasteiger partial charge in [-0.25, -0.2) is 10.1 Å². The van der Waals surface area contributed by atoms with Crippen LogP contribution in [0.2, 0.25) is 0 Å². The van der Waals surface area contributed by atoms with Crippen molar-refractivity contribution in [3.05, 3.63) is 65.0 Å². The summed E-state index contributed by atoms with van der Waals surface area (Å²) < 4.78 is 5.24. The van der Waals surface area contributed by atoms with Gasteiger partial charge in [0.15, 0.2) is 0 Å². The fraction of sp³-hybridized carbons (Fsp3) is 0.0556. The largest absolute Gasteiger partial charge is 0.497 e. The number of methoxy groups -OCH3 is 1. The summed E-state index contributed by atoms with van der Waals surface area (Å²) in [5, 5.41) is 6.51. The summed E-state index contributed by atoms with van der Waals surface area (Å²) in [6.07, 6.45) is 0. The lowest BCUT2D eigenvalue weighted by molar-refractivity contribution is 0.415. The SMILES string of the molecule is COc1ccc2nc(-c3cccc(-c4ccc(=O)[nH]n4)c3)[nH]c2c1. The Morgan fingerprint density at radius 3 is 2.67 bits per heavy atom. The number of benzene rings is 2. The zero-order valence-corrected chi connectivity index (χ0v) is 12.9. The van der Waals surface area contributed by atoms with Crippen LogP contribution in [0.3, 0.4) is 0 Å². The number of nitrogens with zero attached hydrogens (tertiary/aromatic N) is 2. The van der Waals surface area contributed by atoms with Crippen molar-refractivity contribution in [3.8, 4) is 28.4 Å². The molecule has 0 saturated carbocycles. The molecule has 2 aromatic heterocycles. The van der Waals surface area contributed by atoms with E-state index in [-0.39, 0.29) is 5.56 Å². The predicted molar refractivity (Wildman–Crippen MR) is 91.9 cm³/mol. The second kappa shape index (κ2) is 5.66. The molecular weight excluding hydrogens is 304 g/mol. The summed E-state index contributed by atoms with van der Waals surface area (Å²) in [6.45, 7) is 0. The van der Waals surface area contributed by atoms with Crippen LogP contribution in [0.1, 0.15) is 0 Å². The molecule has 2 N–H and O–H groups in total. The fourth-order valence-electron chi connectivity index (χ4n) is 2.58. The number of ether oxygens (including phenoxy) is 1. The Balaban J connectivity index is 1.78. The minimum Gasteiger partial charge on any atom is -0.497 e.